The Balaban J connectivity index is 2.01. The molecule has 3 rings (SSSR count). The molecule has 0 bridgehead atoms. The van der Waals surface area contributed by atoms with E-state index < -0.39 is 23.7 Å². The van der Waals surface area contributed by atoms with E-state index in [-0.39, 0.29) is 15.6 Å². The second-order valence-corrected chi connectivity index (χ2v) is 6.62. The highest BCUT2D eigenvalue weighted by atomic mass is 35.5. The number of nitrogens with zero attached hydrogens (tertiary/aromatic N) is 1. The standard InChI is InChI=1S/C18H15Cl2NO4/c1-21-16-13(20)8-7-12(19)15(16)18(24,17(21)23)9-14(22)10-3-5-11(25-2)6-4-10/h3-8,24H,9H2,1-2H3. The molecule has 0 aliphatic carbocycles. The quantitative estimate of drug-likeness (QED) is 0.826. The number of benzene rings is 2. The van der Waals surface area contributed by atoms with Crippen LogP contribution in [0.3, 0.4) is 0 Å². The molecule has 1 atom stereocenters. The Morgan fingerprint density at radius 2 is 1.76 bits per heavy atom. The molecule has 0 saturated carbocycles. The summed E-state index contributed by atoms with van der Waals surface area (Å²) in [6, 6.07) is 9.47. The first-order valence-electron chi connectivity index (χ1n) is 7.46. The molecular formula is C18H15Cl2NO4. The van der Waals surface area contributed by atoms with Gasteiger partial charge in [-0.05, 0) is 36.4 Å². The number of ether oxygens (including phenoxy) is 1. The number of fused-ring (bicyclic) bond motifs is 1. The predicted octanol–water partition coefficient (Wildman–Crippen LogP) is 3.44. The third-order valence-electron chi connectivity index (χ3n) is 4.31. The van der Waals surface area contributed by atoms with Crippen molar-refractivity contribution < 1.29 is 19.4 Å². The van der Waals surface area contributed by atoms with Gasteiger partial charge in [0.05, 0.1) is 24.2 Å². The fraction of sp³-hybridized carbons (Fsp3) is 0.222. The summed E-state index contributed by atoms with van der Waals surface area (Å²) in [4.78, 5) is 26.5. The molecule has 1 amide bonds. The molecule has 1 unspecified atom stereocenters. The second kappa shape index (κ2) is 6.33. The first-order chi connectivity index (χ1) is 11.8. The van der Waals surface area contributed by atoms with E-state index in [1.165, 1.54) is 25.1 Å². The maximum Gasteiger partial charge on any atom is 0.264 e. The molecule has 1 heterocycles. The van der Waals surface area contributed by atoms with E-state index in [1.54, 1.807) is 30.3 Å². The third kappa shape index (κ3) is 2.78. The fourth-order valence-corrected chi connectivity index (χ4v) is 3.62. The number of ketones is 1. The van der Waals surface area contributed by atoms with Crippen LogP contribution >= 0.6 is 23.2 Å². The van der Waals surface area contributed by atoms with Gasteiger partial charge < -0.3 is 14.7 Å². The van der Waals surface area contributed by atoms with E-state index in [0.717, 1.165) is 0 Å². The summed E-state index contributed by atoms with van der Waals surface area (Å²) in [5.41, 5.74) is -1.21. The smallest absolute Gasteiger partial charge is 0.264 e. The highest BCUT2D eigenvalue weighted by Gasteiger charge is 2.52. The van der Waals surface area contributed by atoms with Crippen molar-refractivity contribution >= 4 is 40.6 Å². The van der Waals surface area contributed by atoms with Gasteiger partial charge in [-0.1, -0.05) is 23.2 Å². The van der Waals surface area contributed by atoms with Crippen molar-refractivity contribution in [2.24, 2.45) is 0 Å². The minimum Gasteiger partial charge on any atom is -0.497 e. The van der Waals surface area contributed by atoms with Crippen LogP contribution in [0.15, 0.2) is 36.4 Å². The fourth-order valence-electron chi connectivity index (χ4n) is 3.02. The van der Waals surface area contributed by atoms with Gasteiger partial charge in [0.2, 0.25) is 0 Å². The van der Waals surface area contributed by atoms with Crippen LogP contribution in [-0.2, 0) is 10.4 Å². The lowest BCUT2D eigenvalue weighted by Crippen LogP contribution is -2.40. The maximum atomic E-state index is 12.6. The van der Waals surface area contributed by atoms with Crippen molar-refractivity contribution in [3.63, 3.8) is 0 Å². The molecule has 1 N–H and O–H groups in total. The van der Waals surface area contributed by atoms with E-state index in [0.29, 0.717) is 17.0 Å². The van der Waals surface area contributed by atoms with Crippen molar-refractivity contribution in [1.29, 1.82) is 0 Å². The Bertz CT molecular complexity index is 866. The number of rotatable bonds is 4. The van der Waals surface area contributed by atoms with Crippen LogP contribution in [-0.4, -0.2) is 31.0 Å². The molecule has 5 nitrogen and oxygen atoms in total. The normalized spacial score (nSPS) is 19.1. The average molecular weight is 380 g/mol. The van der Waals surface area contributed by atoms with E-state index in [9.17, 15) is 14.7 Å². The number of halogens is 2. The minimum absolute atomic E-state index is 0.163. The SMILES string of the molecule is COc1ccc(C(=O)CC2(O)C(=O)N(C)c3c(Cl)ccc(Cl)c32)cc1. The van der Waals surface area contributed by atoms with Crippen molar-refractivity contribution in [2.75, 3.05) is 19.1 Å². The number of methoxy groups -OCH3 is 1. The first-order valence-corrected chi connectivity index (χ1v) is 8.21. The lowest BCUT2D eigenvalue weighted by atomic mass is 9.88. The average Bonchev–Trinajstić information content (AvgIpc) is 2.80. The van der Waals surface area contributed by atoms with Gasteiger partial charge in [-0.3, -0.25) is 9.59 Å². The van der Waals surface area contributed by atoms with Gasteiger partial charge >= 0.3 is 0 Å². The summed E-state index contributed by atoms with van der Waals surface area (Å²) in [6.45, 7) is 0. The molecule has 0 spiro atoms. The highest BCUT2D eigenvalue weighted by molar-refractivity contribution is 6.38. The lowest BCUT2D eigenvalue weighted by Gasteiger charge is -2.21. The van der Waals surface area contributed by atoms with Crippen LogP contribution in [0, 0.1) is 0 Å². The predicted molar refractivity (Wildman–Crippen MR) is 95.7 cm³/mol. The summed E-state index contributed by atoms with van der Waals surface area (Å²) in [5, 5.41) is 11.5. The molecule has 0 fully saturated rings. The summed E-state index contributed by atoms with van der Waals surface area (Å²) in [5.74, 6) is -0.428. The van der Waals surface area contributed by atoms with Gasteiger partial charge in [-0.2, -0.15) is 0 Å². The van der Waals surface area contributed by atoms with Gasteiger partial charge in [0.1, 0.15) is 5.75 Å². The van der Waals surface area contributed by atoms with Crippen molar-refractivity contribution in [2.45, 2.75) is 12.0 Å². The molecular weight excluding hydrogens is 365 g/mol. The van der Waals surface area contributed by atoms with Crippen LogP contribution in [0.5, 0.6) is 5.75 Å². The number of hydrogen-bond donors (Lipinski definition) is 1. The Hall–Kier alpha value is -2.08. The van der Waals surface area contributed by atoms with Gasteiger partial charge in [0, 0.05) is 23.2 Å². The van der Waals surface area contributed by atoms with Crippen molar-refractivity contribution in [1.82, 2.24) is 0 Å². The zero-order chi connectivity index (χ0) is 18.4. The molecule has 1 aliphatic heterocycles. The summed E-state index contributed by atoms with van der Waals surface area (Å²) < 4.78 is 5.06. The van der Waals surface area contributed by atoms with Crippen LogP contribution in [0.4, 0.5) is 5.69 Å². The minimum atomic E-state index is -2.05. The Morgan fingerprint density at radius 3 is 2.36 bits per heavy atom. The van der Waals surface area contributed by atoms with Gasteiger partial charge in [0.25, 0.3) is 5.91 Å². The van der Waals surface area contributed by atoms with Gasteiger partial charge in [0.15, 0.2) is 11.4 Å². The van der Waals surface area contributed by atoms with E-state index in [1.807, 2.05) is 0 Å². The molecule has 130 valence electrons. The zero-order valence-electron chi connectivity index (χ0n) is 13.5. The van der Waals surface area contributed by atoms with Gasteiger partial charge in [-0.25, -0.2) is 0 Å². The van der Waals surface area contributed by atoms with Crippen molar-refractivity contribution in [3.05, 3.63) is 57.6 Å². The van der Waals surface area contributed by atoms with Crippen LogP contribution in [0.1, 0.15) is 22.3 Å². The molecule has 2 aromatic rings. The zero-order valence-corrected chi connectivity index (χ0v) is 15.1. The molecule has 25 heavy (non-hydrogen) atoms. The van der Waals surface area contributed by atoms with Crippen LogP contribution in [0.2, 0.25) is 10.0 Å². The van der Waals surface area contributed by atoms with Crippen LogP contribution < -0.4 is 9.64 Å². The van der Waals surface area contributed by atoms with Crippen LogP contribution in [0.25, 0.3) is 0 Å². The number of Topliss-reactive ketones (excluding diaryl/α,β-unsaturated/α-hetero) is 1. The molecule has 0 aromatic heterocycles. The monoisotopic (exact) mass is 379 g/mol. The molecule has 7 heteroatoms. The number of hydrogen-bond acceptors (Lipinski definition) is 4. The number of carbonyl (C=O) groups is 2. The molecule has 2 aromatic carbocycles. The first kappa shape index (κ1) is 17.7. The van der Waals surface area contributed by atoms with E-state index in [2.05, 4.69) is 0 Å². The Kier molecular flexibility index (Phi) is 4.49. The Morgan fingerprint density at radius 1 is 1.16 bits per heavy atom. The van der Waals surface area contributed by atoms with Crippen molar-refractivity contribution in [3.8, 4) is 5.75 Å². The molecule has 1 aliphatic rings. The largest absolute Gasteiger partial charge is 0.497 e. The number of anilines is 1. The van der Waals surface area contributed by atoms with Gasteiger partial charge in [-0.15, -0.1) is 0 Å². The molecule has 0 saturated heterocycles. The summed E-state index contributed by atoms with van der Waals surface area (Å²) in [7, 11) is 3.01. The molecule has 0 radical (unpaired) electrons. The number of amides is 1. The number of aliphatic hydroxyl groups is 1. The van der Waals surface area contributed by atoms with E-state index >= 15 is 0 Å². The summed E-state index contributed by atoms with van der Waals surface area (Å²) >= 11 is 12.4. The topological polar surface area (TPSA) is 66.8 Å². The third-order valence-corrected chi connectivity index (χ3v) is 4.93. The maximum absolute atomic E-state index is 12.6. The summed E-state index contributed by atoms with van der Waals surface area (Å²) in [6.07, 6.45) is -0.435. The Labute approximate surface area is 154 Å². The lowest BCUT2D eigenvalue weighted by molar-refractivity contribution is -0.135. The number of carbonyl (C=O) groups excluding carboxylic acids is 2. The number of likely N-dealkylation sites (N-methyl/N-ethyl adjacent to an activating group) is 1. The second-order valence-electron chi connectivity index (χ2n) is 5.81. The highest BCUT2D eigenvalue weighted by Crippen LogP contribution is 2.49. The van der Waals surface area contributed by atoms with E-state index in [4.69, 9.17) is 27.9 Å².